The number of carbonyl (C=O) groups excluding carboxylic acids is 1. The van der Waals surface area contributed by atoms with Crippen LogP contribution in [0.4, 0.5) is 5.95 Å². The highest BCUT2D eigenvalue weighted by Gasteiger charge is 2.26. The molecule has 0 saturated carbocycles. The highest BCUT2D eigenvalue weighted by atomic mass is 16.5. The minimum absolute atomic E-state index is 0.0573. The fraction of sp³-hybridized carbons (Fsp3) is 0.667. The van der Waals surface area contributed by atoms with E-state index in [1.54, 1.807) is 7.05 Å². The van der Waals surface area contributed by atoms with Gasteiger partial charge in [-0.3, -0.25) is 4.79 Å². The van der Waals surface area contributed by atoms with Crippen molar-refractivity contribution in [3.05, 3.63) is 0 Å². The fourth-order valence-electron chi connectivity index (χ4n) is 2.20. The zero-order valence-corrected chi connectivity index (χ0v) is 11.9. The summed E-state index contributed by atoms with van der Waals surface area (Å²) in [6, 6.07) is 0.445. The van der Waals surface area contributed by atoms with E-state index in [1.807, 2.05) is 4.90 Å². The molecule has 8 nitrogen and oxygen atoms in total. The average molecular weight is 281 g/mol. The third-order valence-electron chi connectivity index (χ3n) is 3.34. The van der Waals surface area contributed by atoms with Gasteiger partial charge in [0.2, 0.25) is 11.9 Å². The van der Waals surface area contributed by atoms with Crippen LogP contribution < -0.4 is 19.7 Å². The van der Waals surface area contributed by atoms with Crippen molar-refractivity contribution in [1.82, 2.24) is 20.3 Å². The molecule has 0 aromatic carbocycles. The minimum Gasteiger partial charge on any atom is -0.467 e. The predicted molar refractivity (Wildman–Crippen MR) is 71.9 cm³/mol. The maximum Gasteiger partial charge on any atom is 0.324 e. The number of anilines is 1. The first-order chi connectivity index (χ1) is 9.67. The Morgan fingerprint density at radius 3 is 2.15 bits per heavy atom. The Bertz CT molecular complexity index is 452. The Hall–Kier alpha value is -2.12. The number of nitrogens with zero attached hydrogens (tertiary/aromatic N) is 4. The number of amides is 1. The van der Waals surface area contributed by atoms with Gasteiger partial charge in [0.25, 0.3) is 0 Å². The second kappa shape index (κ2) is 6.36. The summed E-state index contributed by atoms with van der Waals surface area (Å²) < 4.78 is 10.1. The molecule has 0 aliphatic carbocycles. The first kappa shape index (κ1) is 14.3. The maximum atomic E-state index is 11.6. The highest BCUT2D eigenvalue weighted by Crippen LogP contribution is 2.23. The summed E-state index contributed by atoms with van der Waals surface area (Å²) in [7, 11) is 4.66. The number of ether oxygens (including phenoxy) is 2. The largest absolute Gasteiger partial charge is 0.467 e. The van der Waals surface area contributed by atoms with Crippen molar-refractivity contribution in [2.75, 3.05) is 39.3 Å². The van der Waals surface area contributed by atoms with E-state index in [-0.39, 0.29) is 23.8 Å². The molecular formula is C12H19N5O3. The Morgan fingerprint density at radius 1 is 1.15 bits per heavy atom. The van der Waals surface area contributed by atoms with Crippen LogP contribution in [0.5, 0.6) is 12.0 Å². The summed E-state index contributed by atoms with van der Waals surface area (Å²) in [6.45, 7) is 1.43. The van der Waals surface area contributed by atoms with Crippen LogP contribution in [0, 0.1) is 5.92 Å². The number of hydrogen-bond acceptors (Lipinski definition) is 7. The highest BCUT2D eigenvalue weighted by molar-refractivity contribution is 5.78. The lowest BCUT2D eigenvalue weighted by Crippen LogP contribution is -2.40. The summed E-state index contributed by atoms with van der Waals surface area (Å²) in [6.07, 6.45) is 1.55. The van der Waals surface area contributed by atoms with Gasteiger partial charge in [0.1, 0.15) is 0 Å². The van der Waals surface area contributed by atoms with Crippen molar-refractivity contribution >= 4 is 11.9 Å². The van der Waals surface area contributed by atoms with Crippen molar-refractivity contribution in [3.8, 4) is 12.0 Å². The van der Waals surface area contributed by atoms with Gasteiger partial charge in [-0.05, 0) is 12.8 Å². The topological polar surface area (TPSA) is 89.5 Å². The van der Waals surface area contributed by atoms with Gasteiger partial charge in [0.05, 0.1) is 14.2 Å². The van der Waals surface area contributed by atoms with Crippen LogP contribution in [0.2, 0.25) is 0 Å². The van der Waals surface area contributed by atoms with Crippen molar-refractivity contribution in [2.45, 2.75) is 12.8 Å². The molecule has 0 unspecified atom stereocenters. The zero-order chi connectivity index (χ0) is 14.5. The van der Waals surface area contributed by atoms with Gasteiger partial charge in [0.15, 0.2) is 0 Å². The number of rotatable bonds is 4. The zero-order valence-electron chi connectivity index (χ0n) is 11.9. The number of carbonyl (C=O) groups is 1. The number of aromatic nitrogens is 3. The van der Waals surface area contributed by atoms with Crippen molar-refractivity contribution in [3.63, 3.8) is 0 Å². The first-order valence-corrected chi connectivity index (χ1v) is 6.48. The molecule has 0 radical (unpaired) electrons. The van der Waals surface area contributed by atoms with E-state index in [1.165, 1.54) is 14.2 Å². The van der Waals surface area contributed by atoms with E-state index in [2.05, 4.69) is 20.3 Å². The van der Waals surface area contributed by atoms with Crippen molar-refractivity contribution in [2.24, 2.45) is 5.92 Å². The third kappa shape index (κ3) is 3.06. The van der Waals surface area contributed by atoms with Gasteiger partial charge in [-0.25, -0.2) is 0 Å². The summed E-state index contributed by atoms with van der Waals surface area (Å²) >= 11 is 0. The normalized spacial score (nSPS) is 15.8. The molecule has 110 valence electrons. The molecule has 0 atom stereocenters. The monoisotopic (exact) mass is 281 g/mol. The van der Waals surface area contributed by atoms with E-state index >= 15 is 0 Å². The lowest BCUT2D eigenvalue weighted by atomic mass is 9.96. The molecule has 1 N–H and O–H groups in total. The fourth-order valence-corrected chi connectivity index (χ4v) is 2.20. The van der Waals surface area contributed by atoms with Gasteiger partial charge >= 0.3 is 12.0 Å². The number of piperidine rings is 1. The van der Waals surface area contributed by atoms with Gasteiger partial charge in [-0.2, -0.15) is 9.97 Å². The molecule has 1 aliphatic rings. The van der Waals surface area contributed by atoms with E-state index < -0.39 is 0 Å². The molecule has 1 aliphatic heterocycles. The molecule has 0 bridgehead atoms. The standard InChI is InChI=1S/C12H19N5O3/c1-13-9(18)8-4-6-17(7-5-8)10-14-11(19-2)16-12(15-10)20-3/h8H,4-7H2,1-3H3,(H,13,18). The Balaban J connectivity index is 2.08. The predicted octanol–water partition coefficient (Wildman–Crippen LogP) is -0.149. The van der Waals surface area contributed by atoms with Gasteiger partial charge in [0, 0.05) is 26.1 Å². The van der Waals surface area contributed by atoms with Crippen molar-refractivity contribution < 1.29 is 14.3 Å². The van der Waals surface area contributed by atoms with Gasteiger partial charge in [-0.1, -0.05) is 0 Å². The van der Waals surface area contributed by atoms with E-state index in [0.29, 0.717) is 19.0 Å². The number of nitrogens with one attached hydrogen (secondary N) is 1. The molecule has 2 heterocycles. The minimum atomic E-state index is 0.0573. The molecule has 1 fully saturated rings. The first-order valence-electron chi connectivity index (χ1n) is 6.48. The van der Waals surface area contributed by atoms with E-state index in [9.17, 15) is 4.79 Å². The molecule has 1 saturated heterocycles. The van der Waals surface area contributed by atoms with Crippen LogP contribution in [-0.4, -0.2) is 55.2 Å². The Kier molecular flexibility index (Phi) is 4.54. The molecule has 1 aromatic heterocycles. The number of hydrogen-bond donors (Lipinski definition) is 1. The summed E-state index contributed by atoms with van der Waals surface area (Å²) in [5.41, 5.74) is 0. The van der Waals surface area contributed by atoms with Crippen molar-refractivity contribution in [1.29, 1.82) is 0 Å². The lowest BCUT2D eigenvalue weighted by molar-refractivity contribution is -0.125. The van der Waals surface area contributed by atoms with Crippen LogP contribution in [0.25, 0.3) is 0 Å². The van der Waals surface area contributed by atoms with Crippen LogP contribution >= 0.6 is 0 Å². The summed E-state index contributed by atoms with van der Waals surface area (Å²) in [4.78, 5) is 26.0. The van der Waals surface area contributed by atoms with E-state index in [0.717, 1.165) is 12.8 Å². The second-order valence-electron chi connectivity index (χ2n) is 4.48. The van der Waals surface area contributed by atoms with Crippen LogP contribution in [0.1, 0.15) is 12.8 Å². The SMILES string of the molecule is CNC(=O)C1CCN(c2nc(OC)nc(OC)n2)CC1. The smallest absolute Gasteiger partial charge is 0.324 e. The Labute approximate surface area is 117 Å². The molecular weight excluding hydrogens is 262 g/mol. The number of methoxy groups -OCH3 is 2. The Morgan fingerprint density at radius 2 is 1.70 bits per heavy atom. The molecule has 1 amide bonds. The molecule has 0 spiro atoms. The van der Waals surface area contributed by atoms with Crippen LogP contribution in [0.15, 0.2) is 0 Å². The van der Waals surface area contributed by atoms with Crippen LogP contribution in [0.3, 0.4) is 0 Å². The summed E-state index contributed by atoms with van der Waals surface area (Å²) in [5, 5.41) is 2.69. The molecule has 20 heavy (non-hydrogen) atoms. The quantitative estimate of drug-likeness (QED) is 0.821. The lowest BCUT2D eigenvalue weighted by Gasteiger charge is -2.31. The maximum absolute atomic E-state index is 11.6. The van der Waals surface area contributed by atoms with E-state index in [4.69, 9.17) is 9.47 Å². The summed E-state index contributed by atoms with van der Waals surface area (Å²) in [5.74, 6) is 0.668. The van der Waals surface area contributed by atoms with Gasteiger partial charge < -0.3 is 19.7 Å². The molecule has 1 aromatic rings. The average Bonchev–Trinajstić information content (AvgIpc) is 2.53. The van der Waals surface area contributed by atoms with Gasteiger partial charge in [-0.15, -0.1) is 4.98 Å². The second-order valence-corrected chi connectivity index (χ2v) is 4.48. The molecule has 8 heteroatoms. The molecule has 2 rings (SSSR count). The van der Waals surface area contributed by atoms with Crippen LogP contribution in [-0.2, 0) is 4.79 Å². The third-order valence-corrected chi connectivity index (χ3v) is 3.34.